The molecular formula is C25H28N10O. The van der Waals surface area contributed by atoms with Gasteiger partial charge in [-0.1, -0.05) is 0 Å². The summed E-state index contributed by atoms with van der Waals surface area (Å²) in [5.74, 6) is 0.846. The van der Waals surface area contributed by atoms with Crippen LogP contribution in [0.1, 0.15) is 44.0 Å². The molecule has 0 saturated carbocycles. The second-order valence-corrected chi connectivity index (χ2v) is 9.10. The van der Waals surface area contributed by atoms with E-state index < -0.39 is 0 Å². The highest BCUT2D eigenvalue weighted by Crippen LogP contribution is 2.32. The minimum atomic E-state index is -0.330. The number of rotatable bonds is 7. The molecule has 0 amide bonds. The molecule has 1 atom stereocenters. The maximum atomic E-state index is 9.82. The summed E-state index contributed by atoms with van der Waals surface area (Å²) < 4.78 is 3.68. The van der Waals surface area contributed by atoms with Crippen LogP contribution >= 0.6 is 0 Å². The monoisotopic (exact) mass is 484 g/mol. The number of aliphatic hydroxyl groups is 1. The number of nitriles is 2. The quantitative estimate of drug-likeness (QED) is 0.360. The van der Waals surface area contributed by atoms with Crippen molar-refractivity contribution in [2.75, 3.05) is 36.8 Å². The molecule has 0 spiro atoms. The first-order chi connectivity index (χ1) is 17.5. The lowest BCUT2D eigenvalue weighted by Gasteiger charge is -2.33. The molecule has 5 rings (SSSR count). The molecule has 3 aromatic heterocycles. The lowest BCUT2D eigenvalue weighted by molar-refractivity contribution is 0.102. The molecule has 4 aromatic rings. The van der Waals surface area contributed by atoms with E-state index in [2.05, 4.69) is 47.3 Å². The second-order valence-electron chi connectivity index (χ2n) is 9.10. The smallest absolute Gasteiger partial charge is 0.247 e. The number of hydrogen-bond donors (Lipinski definition) is 3. The molecule has 1 aliphatic heterocycles. The first-order valence-electron chi connectivity index (χ1n) is 12.1. The Labute approximate surface area is 208 Å². The molecule has 4 heterocycles. The van der Waals surface area contributed by atoms with Crippen molar-refractivity contribution >= 4 is 34.0 Å². The Morgan fingerprint density at radius 3 is 2.72 bits per heavy atom. The Balaban J connectivity index is 1.44. The molecule has 184 valence electrons. The predicted octanol–water partition coefficient (Wildman–Crippen LogP) is 3.02. The number of aliphatic hydroxyl groups excluding tert-OH is 1. The third-order valence-corrected chi connectivity index (χ3v) is 6.50. The van der Waals surface area contributed by atoms with Crippen LogP contribution in [-0.4, -0.2) is 66.4 Å². The summed E-state index contributed by atoms with van der Waals surface area (Å²) in [6.07, 6.45) is 5.02. The fraction of sp³-hybridized carbons (Fsp3) is 0.400. The van der Waals surface area contributed by atoms with E-state index in [4.69, 9.17) is 0 Å². The minimum absolute atomic E-state index is 0.303. The third-order valence-electron chi connectivity index (χ3n) is 6.50. The van der Waals surface area contributed by atoms with Gasteiger partial charge in [-0.25, -0.2) is 4.98 Å². The summed E-state index contributed by atoms with van der Waals surface area (Å²) in [6, 6.07) is 10.6. The molecule has 36 heavy (non-hydrogen) atoms. The first kappa shape index (κ1) is 23.5. The fourth-order valence-electron chi connectivity index (χ4n) is 4.90. The first-order valence-corrected chi connectivity index (χ1v) is 12.1. The number of imidazole rings is 1. The standard InChI is InChI=1S/C25H28N10O/c1-3-28-23-24-29-13-20(12-27)35(24)32-25(31-23)30-18-4-5-22-21(10-18)17(11-26)15-34(22)19-6-8-33(9-7-19)14-16(2)36/h4-5,10,13,15-16,19,36H,3,6-9,14H2,1-2H3,(H2,28,30,31,32)/t16-/m0/s1. The van der Waals surface area contributed by atoms with Crippen molar-refractivity contribution < 1.29 is 5.11 Å². The Kier molecular flexibility index (Phi) is 6.42. The van der Waals surface area contributed by atoms with Crippen LogP contribution in [0.3, 0.4) is 0 Å². The van der Waals surface area contributed by atoms with Crippen LogP contribution in [-0.2, 0) is 0 Å². The van der Waals surface area contributed by atoms with E-state index >= 15 is 0 Å². The summed E-state index contributed by atoms with van der Waals surface area (Å²) >= 11 is 0. The summed E-state index contributed by atoms with van der Waals surface area (Å²) in [5.41, 5.74) is 3.17. The number of likely N-dealkylation sites (tertiary alicyclic amines) is 1. The largest absolute Gasteiger partial charge is 0.392 e. The molecule has 0 bridgehead atoms. The van der Waals surface area contributed by atoms with Gasteiger partial charge in [0, 0.05) is 55.0 Å². The van der Waals surface area contributed by atoms with Crippen molar-refractivity contribution in [2.45, 2.75) is 38.8 Å². The number of benzene rings is 1. The number of nitrogens with one attached hydrogen (secondary N) is 2. The van der Waals surface area contributed by atoms with Crippen LogP contribution < -0.4 is 10.6 Å². The van der Waals surface area contributed by atoms with Gasteiger partial charge in [0.1, 0.15) is 12.1 Å². The Bertz CT molecular complexity index is 1480. The normalized spacial score (nSPS) is 15.6. The highest BCUT2D eigenvalue weighted by molar-refractivity contribution is 5.90. The summed E-state index contributed by atoms with van der Waals surface area (Å²) in [5, 5.41) is 40.6. The summed E-state index contributed by atoms with van der Waals surface area (Å²) in [6.45, 7) is 6.95. The van der Waals surface area contributed by atoms with Crippen molar-refractivity contribution in [2.24, 2.45) is 0 Å². The van der Waals surface area contributed by atoms with Gasteiger partial charge in [0.05, 0.1) is 17.9 Å². The molecule has 1 aromatic carbocycles. The van der Waals surface area contributed by atoms with Crippen LogP contribution in [0.2, 0.25) is 0 Å². The lowest BCUT2D eigenvalue weighted by Crippen LogP contribution is -2.38. The number of aromatic nitrogens is 5. The molecule has 0 aliphatic carbocycles. The predicted molar refractivity (Wildman–Crippen MR) is 136 cm³/mol. The molecular weight excluding hydrogens is 456 g/mol. The zero-order valence-corrected chi connectivity index (χ0v) is 20.3. The second kappa shape index (κ2) is 9.82. The van der Waals surface area contributed by atoms with Gasteiger partial charge in [0.15, 0.2) is 17.2 Å². The number of piperidine rings is 1. The van der Waals surface area contributed by atoms with Crippen LogP contribution in [0.25, 0.3) is 16.6 Å². The van der Waals surface area contributed by atoms with Gasteiger partial charge < -0.3 is 25.2 Å². The fourth-order valence-corrected chi connectivity index (χ4v) is 4.90. The highest BCUT2D eigenvalue weighted by atomic mass is 16.3. The van der Waals surface area contributed by atoms with E-state index in [0.717, 1.165) is 42.5 Å². The average molecular weight is 485 g/mol. The minimum Gasteiger partial charge on any atom is -0.392 e. The zero-order valence-electron chi connectivity index (χ0n) is 20.3. The van der Waals surface area contributed by atoms with E-state index in [0.29, 0.717) is 47.8 Å². The van der Waals surface area contributed by atoms with Crippen molar-refractivity contribution in [3.05, 3.63) is 41.9 Å². The average Bonchev–Trinajstić information content (AvgIpc) is 3.45. The van der Waals surface area contributed by atoms with Crippen LogP contribution in [0.4, 0.5) is 17.5 Å². The molecule has 0 unspecified atom stereocenters. The van der Waals surface area contributed by atoms with Gasteiger partial charge in [0.25, 0.3) is 0 Å². The summed E-state index contributed by atoms with van der Waals surface area (Å²) in [4.78, 5) is 11.1. The third kappa shape index (κ3) is 4.42. The number of β-amino-alcohol motifs (C(OH)–C–C–N with tert-alkyl or cyclic N) is 1. The van der Waals surface area contributed by atoms with Gasteiger partial charge in [-0.05, 0) is 44.9 Å². The van der Waals surface area contributed by atoms with E-state index in [-0.39, 0.29) is 6.10 Å². The van der Waals surface area contributed by atoms with Gasteiger partial charge >= 0.3 is 0 Å². The van der Waals surface area contributed by atoms with Crippen molar-refractivity contribution in [3.8, 4) is 12.1 Å². The Hall–Kier alpha value is -4.19. The SMILES string of the molecule is CCNc1nc(Nc2ccc3c(c2)c(C#N)cn3C2CCN(C[C@H](C)O)CC2)nn2c(C#N)cnc12. The van der Waals surface area contributed by atoms with E-state index in [1.807, 2.05) is 38.2 Å². The molecule has 11 heteroatoms. The van der Waals surface area contributed by atoms with E-state index in [1.54, 1.807) is 0 Å². The molecule has 1 saturated heterocycles. The van der Waals surface area contributed by atoms with E-state index in [9.17, 15) is 15.6 Å². The molecule has 11 nitrogen and oxygen atoms in total. The zero-order chi connectivity index (χ0) is 25.2. The van der Waals surface area contributed by atoms with Crippen LogP contribution in [0.5, 0.6) is 0 Å². The van der Waals surface area contributed by atoms with Crippen LogP contribution in [0, 0.1) is 22.7 Å². The molecule has 3 N–H and O–H groups in total. The summed E-state index contributed by atoms with van der Waals surface area (Å²) in [7, 11) is 0. The van der Waals surface area contributed by atoms with Gasteiger partial charge in [-0.15, -0.1) is 5.10 Å². The topological polar surface area (TPSA) is 143 Å². The molecule has 0 radical (unpaired) electrons. The number of hydrogen-bond acceptors (Lipinski definition) is 9. The van der Waals surface area contributed by atoms with Crippen molar-refractivity contribution in [3.63, 3.8) is 0 Å². The van der Waals surface area contributed by atoms with Crippen LogP contribution in [0.15, 0.2) is 30.6 Å². The highest BCUT2D eigenvalue weighted by Gasteiger charge is 2.23. The number of fused-ring (bicyclic) bond motifs is 2. The number of nitrogens with zero attached hydrogens (tertiary/aromatic N) is 8. The number of anilines is 3. The van der Waals surface area contributed by atoms with Gasteiger partial charge in [-0.3, -0.25) is 0 Å². The Morgan fingerprint density at radius 1 is 1.22 bits per heavy atom. The lowest BCUT2D eigenvalue weighted by atomic mass is 10.0. The van der Waals surface area contributed by atoms with Crippen molar-refractivity contribution in [1.29, 1.82) is 10.5 Å². The van der Waals surface area contributed by atoms with Gasteiger partial charge in [0.2, 0.25) is 5.95 Å². The Morgan fingerprint density at radius 2 is 2.03 bits per heavy atom. The van der Waals surface area contributed by atoms with Gasteiger partial charge in [-0.2, -0.15) is 20.0 Å². The van der Waals surface area contributed by atoms with Crippen molar-refractivity contribution in [1.82, 2.24) is 29.0 Å². The maximum absolute atomic E-state index is 9.82. The molecule has 1 fully saturated rings. The maximum Gasteiger partial charge on any atom is 0.247 e. The van der Waals surface area contributed by atoms with E-state index in [1.165, 1.54) is 10.7 Å². The molecule has 1 aliphatic rings.